The Kier molecular flexibility index (Phi) is 4.36. The Labute approximate surface area is 136 Å². The number of anilines is 1. The molecule has 1 aromatic heterocycles. The topological polar surface area (TPSA) is 30.9 Å². The van der Waals surface area contributed by atoms with E-state index in [-0.39, 0.29) is 0 Å². The Morgan fingerprint density at radius 3 is 2.64 bits per heavy atom. The molecule has 5 heteroatoms. The van der Waals surface area contributed by atoms with Crippen LogP contribution in [-0.4, -0.2) is 48.9 Å². The van der Waals surface area contributed by atoms with Crippen molar-refractivity contribution in [2.24, 2.45) is 4.99 Å². The Bertz CT molecular complexity index is 646. The number of thiophene rings is 1. The number of piperazine rings is 1. The van der Waals surface area contributed by atoms with E-state index in [1.165, 1.54) is 15.4 Å². The second kappa shape index (κ2) is 6.26. The monoisotopic (exact) mass is 316 g/mol. The quantitative estimate of drug-likeness (QED) is 0.862. The normalized spacial score (nSPS) is 20.0. The lowest BCUT2D eigenvalue weighted by atomic mass is 10.2. The van der Waals surface area contributed by atoms with Gasteiger partial charge in [0.15, 0.2) is 0 Å². The molecule has 0 radical (unpaired) electrons. The van der Waals surface area contributed by atoms with E-state index >= 15 is 0 Å². The Morgan fingerprint density at radius 2 is 1.95 bits per heavy atom. The highest BCUT2D eigenvalue weighted by Crippen LogP contribution is 2.33. The van der Waals surface area contributed by atoms with E-state index < -0.39 is 0 Å². The highest BCUT2D eigenvalue weighted by molar-refractivity contribution is 7.16. The molecule has 22 heavy (non-hydrogen) atoms. The molecule has 1 saturated heterocycles. The number of nitrogens with one attached hydrogen (secondary N) is 1. The van der Waals surface area contributed by atoms with Gasteiger partial charge in [-0.15, -0.1) is 11.3 Å². The van der Waals surface area contributed by atoms with Gasteiger partial charge >= 0.3 is 0 Å². The molecule has 3 rings (SSSR count). The molecule has 1 fully saturated rings. The van der Waals surface area contributed by atoms with Crippen LogP contribution in [0.2, 0.25) is 0 Å². The maximum Gasteiger partial charge on any atom is 0.139 e. The lowest BCUT2D eigenvalue weighted by Gasteiger charge is -2.34. The number of nitrogens with zero attached hydrogens (tertiary/aromatic N) is 3. The van der Waals surface area contributed by atoms with Gasteiger partial charge in [0.2, 0.25) is 0 Å². The molecule has 0 bridgehead atoms. The van der Waals surface area contributed by atoms with Crippen LogP contribution < -0.4 is 5.32 Å². The third-order valence-electron chi connectivity index (χ3n) is 4.14. The smallest absolute Gasteiger partial charge is 0.139 e. The summed E-state index contributed by atoms with van der Waals surface area (Å²) >= 11 is 1.81. The van der Waals surface area contributed by atoms with Crippen molar-refractivity contribution in [1.29, 1.82) is 0 Å². The summed E-state index contributed by atoms with van der Waals surface area (Å²) < 4.78 is 0. The van der Waals surface area contributed by atoms with E-state index in [4.69, 9.17) is 4.99 Å². The van der Waals surface area contributed by atoms with Crippen molar-refractivity contribution < 1.29 is 0 Å². The molecule has 2 aliphatic rings. The van der Waals surface area contributed by atoms with Crippen LogP contribution in [0.3, 0.4) is 0 Å². The highest BCUT2D eigenvalue weighted by Gasteiger charge is 2.25. The van der Waals surface area contributed by atoms with Gasteiger partial charge in [-0.2, -0.15) is 0 Å². The largest absolute Gasteiger partial charge is 0.353 e. The molecule has 3 heterocycles. The number of hydrogen-bond donors (Lipinski definition) is 1. The maximum atomic E-state index is 4.98. The average molecular weight is 316 g/mol. The first-order valence-electron chi connectivity index (χ1n) is 7.82. The van der Waals surface area contributed by atoms with Crippen molar-refractivity contribution in [3.8, 4) is 0 Å². The van der Waals surface area contributed by atoms with E-state index in [9.17, 15) is 0 Å². The minimum Gasteiger partial charge on any atom is -0.353 e. The average Bonchev–Trinajstić information content (AvgIpc) is 2.80. The minimum absolute atomic E-state index is 1.04. The predicted octanol–water partition coefficient (Wildman–Crippen LogP) is 3.28. The van der Waals surface area contributed by atoms with Crippen LogP contribution in [0.25, 0.3) is 0 Å². The molecule has 4 nitrogen and oxygen atoms in total. The summed E-state index contributed by atoms with van der Waals surface area (Å²) in [5, 5.41) is 4.78. The molecule has 0 saturated carbocycles. The second-order valence-corrected chi connectivity index (χ2v) is 7.21. The third-order valence-corrected chi connectivity index (χ3v) is 5.11. The standard InChI is InChI=1S/C17H24N4S/c1-5-6-15-13(3)18-16(21-9-7-20(4)8-10-21)14-11-12(2)22-17(14)19-15/h5-6,11,19H,7-10H2,1-4H3/b6-5-. The van der Waals surface area contributed by atoms with E-state index in [1.54, 1.807) is 11.3 Å². The summed E-state index contributed by atoms with van der Waals surface area (Å²) in [4.78, 5) is 11.1. The van der Waals surface area contributed by atoms with E-state index in [2.05, 4.69) is 54.2 Å². The number of rotatable bonds is 1. The number of aryl methyl sites for hydroxylation is 1. The Balaban J connectivity index is 2.03. The fraction of sp³-hybridized carbons (Fsp3) is 0.471. The predicted molar refractivity (Wildman–Crippen MR) is 95.8 cm³/mol. The molecule has 0 aliphatic carbocycles. The Hall–Kier alpha value is -1.59. The summed E-state index contributed by atoms with van der Waals surface area (Å²) in [7, 11) is 2.18. The fourth-order valence-electron chi connectivity index (χ4n) is 2.85. The van der Waals surface area contributed by atoms with Crippen LogP contribution in [-0.2, 0) is 0 Å². The second-order valence-electron chi connectivity index (χ2n) is 5.95. The van der Waals surface area contributed by atoms with Crippen LogP contribution in [0, 0.1) is 6.92 Å². The van der Waals surface area contributed by atoms with Gasteiger partial charge in [0.25, 0.3) is 0 Å². The number of amidine groups is 1. The highest BCUT2D eigenvalue weighted by atomic mass is 32.1. The molecule has 0 spiro atoms. The zero-order valence-corrected chi connectivity index (χ0v) is 14.6. The molecule has 0 atom stereocenters. The van der Waals surface area contributed by atoms with Crippen molar-refractivity contribution in [1.82, 2.24) is 9.80 Å². The summed E-state index contributed by atoms with van der Waals surface area (Å²) in [6.07, 6.45) is 4.16. The van der Waals surface area contributed by atoms with Gasteiger partial charge in [-0.05, 0) is 40.0 Å². The van der Waals surface area contributed by atoms with E-state index in [0.717, 1.165) is 43.4 Å². The summed E-state index contributed by atoms with van der Waals surface area (Å²) in [5.74, 6) is 1.12. The van der Waals surface area contributed by atoms with Gasteiger partial charge in [-0.3, -0.25) is 0 Å². The number of fused-ring (bicyclic) bond motifs is 1. The zero-order valence-electron chi connectivity index (χ0n) is 13.8. The van der Waals surface area contributed by atoms with Crippen molar-refractivity contribution in [3.63, 3.8) is 0 Å². The van der Waals surface area contributed by atoms with E-state index in [1.807, 2.05) is 6.92 Å². The van der Waals surface area contributed by atoms with Gasteiger partial charge in [0.05, 0.1) is 17.0 Å². The molecule has 0 amide bonds. The summed E-state index contributed by atoms with van der Waals surface area (Å²) in [6, 6.07) is 2.26. The fourth-order valence-corrected chi connectivity index (χ4v) is 3.77. The van der Waals surface area contributed by atoms with Crippen LogP contribution in [0.15, 0.2) is 34.6 Å². The van der Waals surface area contributed by atoms with Crippen molar-refractivity contribution in [3.05, 3.63) is 40.1 Å². The van der Waals surface area contributed by atoms with Crippen molar-refractivity contribution in [2.75, 3.05) is 38.5 Å². The molecule has 0 unspecified atom stereocenters. The number of hydrogen-bond acceptors (Lipinski definition) is 5. The number of aliphatic imine (C=N–C) groups is 1. The van der Waals surface area contributed by atoms with Crippen LogP contribution in [0.5, 0.6) is 0 Å². The summed E-state index contributed by atoms with van der Waals surface area (Å²) in [6.45, 7) is 10.5. The Morgan fingerprint density at radius 1 is 1.23 bits per heavy atom. The van der Waals surface area contributed by atoms with Crippen LogP contribution in [0.4, 0.5) is 5.00 Å². The van der Waals surface area contributed by atoms with Crippen molar-refractivity contribution in [2.45, 2.75) is 20.8 Å². The minimum atomic E-state index is 1.04. The van der Waals surface area contributed by atoms with Crippen LogP contribution >= 0.6 is 11.3 Å². The number of likely N-dealkylation sites (N-methyl/N-ethyl adjacent to an activating group) is 1. The molecular weight excluding hydrogens is 292 g/mol. The summed E-state index contributed by atoms with van der Waals surface area (Å²) in [5.41, 5.74) is 3.38. The first kappa shape index (κ1) is 15.3. The lowest BCUT2D eigenvalue weighted by molar-refractivity contribution is 0.215. The molecular formula is C17H24N4S. The first-order valence-corrected chi connectivity index (χ1v) is 8.63. The number of allylic oxidation sites excluding steroid dienone is 3. The van der Waals surface area contributed by atoms with Gasteiger partial charge in [0.1, 0.15) is 10.8 Å². The molecule has 2 aliphatic heterocycles. The molecule has 118 valence electrons. The third kappa shape index (κ3) is 2.96. The van der Waals surface area contributed by atoms with Crippen molar-refractivity contribution >= 4 is 22.2 Å². The van der Waals surface area contributed by atoms with Gasteiger partial charge in [-0.25, -0.2) is 4.99 Å². The van der Waals surface area contributed by atoms with Gasteiger partial charge < -0.3 is 15.1 Å². The zero-order chi connectivity index (χ0) is 15.7. The maximum absolute atomic E-state index is 4.98. The van der Waals surface area contributed by atoms with E-state index in [0.29, 0.717) is 0 Å². The SMILES string of the molecule is C/C=C\C1=C(C)N=C(N2CCN(C)CC2)c2cc(C)sc2N1. The molecule has 1 aromatic rings. The molecule has 0 aromatic carbocycles. The van der Waals surface area contributed by atoms with Gasteiger partial charge in [0, 0.05) is 31.1 Å². The first-order chi connectivity index (χ1) is 10.6. The van der Waals surface area contributed by atoms with Gasteiger partial charge in [-0.1, -0.05) is 6.08 Å². The molecule has 1 N–H and O–H groups in total. The van der Waals surface area contributed by atoms with Crippen LogP contribution in [0.1, 0.15) is 24.3 Å². The lowest BCUT2D eigenvalue weighted by Crippen LogP contribution is -2.47.